The third kappa shape index (κ3) is 10.9. The summed E-state index contributed by atoms with van der Waals surface area (Å²) < 4.78 is 13.6. The molecule has 1 aliphatic carbocycles. The van der Waals surface area contributed by atoms with Gasteiger partial charge >= 0.3 is 12.1 Å². The van der Waals surface area contributed by atoms with Crippen molar-refractivity contribution in [1.82, 2.24) is 20.1 Å². The number of likely N-dealkylation sites (tertiary alicyclic amines) is 1. The number of piperidine rings is 1. The molecule has 1 aliphatic heterocycles. The van der Waals surface area contributed by atoms with Crippen molar-refractivity contribution in [2.24, 2.45) is 16.3 Å². The van der Waals surface area contributed by atoms with E-state index in [0.717, 1.165) is 29.5 Å². The first-order chi connectivity index (χ1) is 25.4. The lowest BCUT2D eigenvalue weighted by Crippen LogP contribution is -2.43. The van der Waals surface area contributed by atoms with Crippen LogP contribution in [0.2, 0.25) is 0 Å². The Morgan fingerprint density at radius 3 is 2.20 bits per heavy atom. The van der Waals surface area contributed by atoms with Crippen LogP contribution in [0.25, 0.3) is 0 Å². The number of carbonyl (C=O) groups excluding carboxylic acids is 2. The number of nitrogens with zero attached hydrogens (tertiary/aromatic N) is 3. The van der Waals surface area contributed by atoms with Crippen molar-refractivity contribution in [2.45, 2.75) is 105 Å². The highest BCUT2D eigenvalue weighted by Crippen LogP contribution is 2.38. The molecule has 1 aromatic heterocycles. The van der Waals surface area contributed by atoms with Crippen molar-refractivity contribution in [1.29, 1.82) is 16.2 Å². The minimum Gasteiger partial charge on any atom is -0.484 e. The first kappa shape index (κ1) is 39.9. The Labute approximate surface area is 318 Å². The van der Waals surface area contributed by atoms with E-state index >= 15 is 0 Å². The molecular formula is C42H56N8O4. The molecule has 288 valence electrons. The van der Waals surface area contributed by atoms with Crippen LogP contribution < -0.4 is 20.9 Å². The number of aliphatic imine (C=N–C) groups is 1. The molecule has 0 saturated carbocycles. The van der Waals surface area contributed by atoms with E-state index in [1.807, 2.05) is 97.0 Å². The third-order valence-corrected chi connectivity index (χ3v) is 9.79. The number of rotatable bonds is 8. The number of urea groups is 1. The van der Waals surface area contributed by atoms with E-state index in [4.69, 9.17) is 30.7 Å². The molecule has 5 rings (SSSR count). The van der Waals surface area contributed by atoms with Gasteiger partial charge in [-0.05, 0) is 100 Å². The summed E-state index contributed by atoms with van der Waals surface area (Å²) in [5.74, 6) is 1.49. The third-order valence-electron chi connectivity index (χ3n) is 9.79. The lowest BCUT2D eigenvalue weighted by atomic mass is 9.85. The number of amides is 3. The molecular weight excluding hydrogens is 681 g/mol. The molecule has 3 aromatic rings. The van der Waals surface area contributed by atoms with Crippen molar-refractivity contribution in [3.8, 4) is 5.75 Å². The predicted molar refractivity (Wildman–Crippen MR) is 212 cm³/mol. The number of nitrogens with one attached hydrogen (secondary N) is 5. The van der Waals surface area contributed by atoms with E-state index in [2.05, 4.69) is 10.6 Å². The summed E-state index contributed by atoms with van der Waals surface area (Å²) in [7, 11) is 0. The molecule has 0 bridgehead atoms. The maximum absolute atomic E-state index is 13.5. The fraction of sp³-hybridized carbons (Fsp3) is 0.476. The van der Waals surface area contributed by atoms with Crippen LogP contribution in [0.4, 0.5) is 15.3 Å². The second-order valence-electron chi connectivity index (χ2n) is 16.4. The standard InChI is InChI=1S/C42H56N8O4/c1-27-12-14-29(15-13-27)46-38(25-35(43)41(2,3)4)48-39(51)47-33-17-18-34(32-11-9-8-10-31(32)33)53-30-16-19-36(44)50(26-30)37(45)24-28-20-22-49(23-21-28)40(52)54-42(5,6)7/h8-16,19,26,28,33-34,43-45H,17-18,20-25H2,1-7H3,(H2,46,47,48,51). The van der Waals surface area contributed by atoms with Gasteiger partial charge in [0.25, 0.3) is 0 Å². The molecule has 1 fully saturated rings. The molecule has 1 saturated heterocycles. The number of hydrogen-bond acceptors (Lipinski definition) is 8. The van der Waals surface area contributed by atoms with Crippen LogP contribution in [0.3, 0.4) is 0 Å². The Balaban J connectivity index is 1.23. The first-order valence-electron chi connectivity index (χ1n) is 18.8. The van der Waals surface area contributed by atoms with Gasteiger partial charge in [-0.15, -0.1) is 0 Å². The highest BCUT2D eigenvalue weighted by atomic mass is 16.6. The van der Waals surface area contributed by atoms with Gasteiger partial charge in [-0.2, -0.15) is 0 Å². The van der Waals surface area contributed by atoms with Gasteiger partial charge in [-0.1, -0.05) is 62.7 Å². The average Bonchev–Trinajstić information content (AvgIpc) is 3.10. The number of pyridine rings is 1. The van der Waals surface area contributed by atoms with Crippen LogP contribution in [0.1, 0.15) is 109 Å². The van der Waals surface area contributed by atoms with Crippen molar-refractivity contribution in [3.63, 3.8) is 0 Å². The normalized spacial score (nSPS) is 18.0. The number of aromatic nitrogens is 1. The molecule has 2 aliphatic rings. The Morgan fingerprint density at radius 1 is 0.889 bits per heavy atom. The molecule has 5 N–H and O–H groups in total. The van der Waals surface area contributed by atoms with Crippen LogP contribution >= 0.6 is 0 Å². The number of ether oxygens (including phenoxy) is 2. The Bertz CT molecular complexity index is 1930. The fourth-order valence-electron chi connectivity index (χ4n) is 6.62. The Morgan fingerprint density at radius 2 is 1.56 bits per heavy atom. The zero-order valence-corrected chi connectivity index (χ0v) is 32.7. The summed E-state index contributed by atoms with van der Waals surface area (Å²) >= 11 is 0. The summed E-state index contributed by atoms with van der Waals surface area (Å²) in [6, 6.07) is 18.4. The largest absolute Gasteiger partial charge is 0.484 e. The molecule has 12 heteroatoms. The summed E-state index contributed by atoms with van der Waals surface area (Å²) in [6.45, 7) is 14.7. The summed E-state index contributed by atoms with van der Waals surface area (Å²) in [5.41, 5.74) is 3.49. The molecule has 0 radical (unpaired) electrons. The predicted octanol–water partition coefficient (Wildman–Crippen LogP) is 8.58. The number of benzene rings is 2. The fourth-order valence-corrected chi connectivity index (χ4v) is 6.62. The van der Waals surface area contributed by atoms with Crippen LogP contribution in [0, 0.1) is 34.5 Å². The number of amidine groups is 1. The van der Waals surface area contributed by atoms with Gasteiger partial charge in [-0.25, -0.2) is 14.6 Å². The number of hydrogen-bond donors (Lipinski definition) is 5. The van der Waals surface area contributed by atoms with E-state index in [1.54, 1.807) is 27.8 Å². The maximum Gasteiger partial charge on any atom is 0.410 e. The Hall–Kier alpha value is -5.26. The molecule has 0 spiro atoms. The molecule has 2 unspecified atom stereocenters. The summed E-state index contributed by atoms with van der Waals surface area (Å²) in [6.07, 6.45) is 4.61. The first-order valence-corrected chi connectivity index (χ1v) is 18.8. The van der Waals surface area contributed by atoms with Crippen LogP contribution in [0.15, 0.2) is 71.9 Å². The average molecular weight is 737 g/mol. The zero-order valence-electron chi connectivity index (χ0n) is 32.7. The minimum absolute atomic E-state index is 0.195. The highest BCUT2D eigenvalue weighted by Gasteiger charge is 2.31. The lowest BCUT2D eigenvalue weighted by Gasteiger charge is -2.33. The molecule has 2 heterocycles. The van der Waals surface area contributed by atoms with E-state index in [9.17, 15) is 9.59 Å². The van der Waals surface area contributed by atoms with Crippen LogP contribution in [-0.2, 0) is 4.74 Å². The monoisotopic (exact) mass is 736 g/mol. The molecule has 54 heavy (non-hydrogen) atoms. The molecule has 2 aromatic carbocycles. The summed E-state index contributed by atoms with van der Waals surface area (Å²) in [5, 5.41) is 32.1. The van der Waals surface area contributed by atoms with Crippen molar-refractivity contribution >= 4 is 35.2 Å². The van der Waals surface area contributed by atoms with Gasteiger partial charge in [0, 0.05) is 31.6 Å². The van der Waals surface area contributed by atoms with Gasteiger partial charge < -0.3 is 25.1 Å². The zero-order chi connectivity index (χ0) is 39.2. The quantitative estimate of drug-likeness (QED) is 0.115. The number of carbonyl (C=O) groups is 2. The molecule has 3 amide bonds. The van der Waals surface area contributed by atoms with Crippen molar-refractivity contribution in [3.05, 3.63) is 89.0 Å². The van der Waals surface area contributed by atoms with Crippen molar-refractivity contribution in [2.75, 3.05) is 13.1 Å². The van der Waals surface area contributed by atoms with Crippen molar-refractivity contribution < 1.29 is 19.1 Å². The van der Waals surface area contributed by atoms with Gasteiger partial charge in [0.05, 0.1) is 17.9 Å². The number of aryl methyl sites for hydroxylation is 1. The topological polar surface area (TPSA) is 169 Å². The molecule has 2 atom stereocenters. The Kier molecular flexibility index (Phi) is 12.4. The van der Waals surface area contributed by atoms with Gasteiger partial charge in [0.2, 0.25) is 0 Å². The van der Waals surface area contributed by atoms with Gasteiger partial charge in [0.1, 0.15) is 34.6 Å². The minimum atomic E-state index is -0.541. The maximum atomic E-state index is 13.5. The lowest BCUT2D eigenvalue weighted by molar-refractivity contribution is 0.0186. The van der Waals surface area contributed by atoms with Crippen LogP contribution in [-0.4, -0.2) is 57.7 Å². The number of fused-ring (bicyclic) bond motifs is 1. The van der Waals surface area contributed by atoms with E-state index in [1.165, 1.54) is 0 Å². The highest BCUT2D eigenvalue weighted by molar-refractivity contribution is 6.09. The second kappa shape index (κ2) is 16.8. The van der Waals surface area contributed by atoms with E-state index in [-0.39, 0.29) is 47.5 Å². The van der Waals surface area contributed by atoms with E-state index in [0.29, 0.717) is 61.2 Å². The van der Waals surface area contributed by atoms with Crippen LogP contribution in [0.5, 0.6) is 5.75 Å². The summed E-state index contributed by atoms with van der Waals surface area (Å²) in [4.78, 5) is 32.4. The molecule has 12 nitrogen and oxygen atoms in total. The smallest absolute Gasteiger partial charge is 0.410 e. The second-order valence-corrected chi connectivity index (χ2v) is 16.4. The SMILES string of the molecule is Cc1ccc(N=C(CC(=N)C(C)(C)C)NC(=O)NC2CCC(Oc3ccc(=N)n(C(=N)CC4CCN(C(=O)OC(C)(C)C)CC4)c3)c3ccccc32)cc1. The van der Waals surface area contributed by atoms with Gasteiger partial charge in [-0.3, -0.25) is 20.7 Å². The van der Waals surface area contributed by atoms with Gasteiger partial charge in [0.15, 0.2) is 0 Å². The van der Waals surface area contributed by atoms with E-state index < -0.39 is 5.60 Å².